The molecule has 5 heteroatoms. The van der Waals surface area contributed by atoms with E-state index in [0.717, 1.165) is 23.1 Å². The lowest BCUT2D eigenvalue weighted by Gasteiger charge is -2.16. The fraction of sp³-hybridized carbons (Fsp3) is 0.267. The zero-order valence-corrected chi connectivity index (χ0v) is 13.8. The second kappa shape index (κ2) is 6.89. The summed E-state index contributed by atoms with van der Waals surface area (Å²) in [5, 5.41) is 11.1. The minimum atomic E-state index is 0.570. The van der Waals surface area contributed by atoms with E-state index in [0.29, 0.717) is 11.3 Å². The summed E-state index contributed by atoms with van der Waals surface area (Å²) in [4.78, 5) is 3.55. The van der Waals surface area contributed by atoms with Gasteiger partial charge in [-0.1, -0.05) is 6.07 Å². The third-order valence-corrected chi connectivity index (χ3v) is 4.57. The maximum Gasteiger partial charge on any atom is 0.136 e. The molecular formula is C15H15BrN2OS. The van der Waals surface area contributed by atoms with Crippen molar-refractivity contribution in [1.82, 2.24) is 4.90 Å². The van der Waals surface area contributed by atoms with Crippen molar-refractivity contribution in [3.8, 4) is 11.8 Å². The molecular weight excluding hydrogens is 336 g/mol. The number of methoxy groups -OCH3 is 1. The zero-order valence-electron chi connectivity index (χ0n) is 11.4. The van der Waals surface area contributed by atoms with Crippen LogP contribution in [0, 0.1) is 11.3 Å². The first-order valence-corrected chi connectivity index (χ1v) is 7.78. The topological polar surface area (TPSA) is 36.3 Å². The third-order valence-electron chi connectivity index (χ3n) is 2.89. The van der Waals surface area contributed by atoms with Gasteiger partial charge in [-0.2, -0.15) is 5.26 Å². The molecule has 1 aromatic heterocycles. The molecule has 0 N–H and O–H groups in total. The molecule has 0 saturated carbocycles. The Balaban J connectivity index is 2.04. The normalized spacial score (nSPS) is 10.6. The highest BCUT2D eigenvalue weighted by Crippen LogP contribution is 2.23. The summed E-state index contributed by atoms with van der Waals surface area (Å²) in [6.45, 7) is 1.72. The summed E-state index contributed by atoms with van der Waals surface area (Å²) in [6.07, 6.45) is 0. The molecule has 0 fully saturated rings. The van der Waals surface area contributed by atoms with Crippen LogP contribution in [-0.2, 0) is 13.1 Å². The highest BCUT2D eigenvalue weighted by Gasteiger charge is 2.07. The first kappa shape index (κ1) is 15.0. The summed E-state index contributed by atoms with van der Waals surface area (Å²) >= 11 is 5.21. The van der Waals surface area contributed by atoms with Crippen LogP contribution >= 0.6 is 27.3 Å². The number of hydrogen-bond acceptors (Lipinski definition) is 4. The van der Waals surface area contributed by atoms with Gasteiger partial charge in [-0.25, -0.2) is 0 Å². The average Bonchev–Trinajstić information content (AvgIpc) is 2.83. The van der Waals surface area contributed by atoms with Crippen LogP contribution in [0.2, 0.25) is 0 Å². The van der Waals surface area contributed by atoms with Gasteiger partial charge in [-0.05, 0) is 46.7 Å². The number of rotatable bonds is 5. The lowest BCUT2D eigenvalue weighted by molar-refractivity contribution is 0.321. The Bertz CT molecular complexity index is 633. The Morgan fingerprint density at radius 3 is 2.75 bits per heavy atom. The second-order valence-corrected chi connectivity index (χ2v) is 6.46. The molecule has 2 rings (SSSR count). The molecule has 0 aliphatic heterocycles. The number of hydrogen-bond donors (Lipinski definition) is 0. The van der Waals surface area contributed by atoms with E-state index in [1.54, 1.807) is 18.4 Å². The van der Waals surface area contributed by atoms with Crippen LogP contribution in [0.25, 0.3) is 0 Å². The molecule has 0 aliphatic rings. The van der Waals surface area contributed by atoms with Crippen LogP contribution in [0.4, 0.5) is 0 Å². The third kappa shape index (κ3) is 3.83. The van der Waals surface area contributed by atoms with Crippen LogP contribution in [0.15, 0.2) is 34.1 Å². The van der Waals surface area contributed by atoms with Crippen LogP contribution < -0.4 is 4.74 Å². The van der Waals surface area contributed by atoms with E-state index >= 15 is 0 Å². The molecule has 20 heavy (non-hydrogen) atoms. The van der Waals surface area contributed by atoms with Crippen LogP contribution in [-0.4, -0.2) is 19.1 Å². The highest BCUT2D eigenvalue weighted by molar-refractivity contribution is 9.10. The molecule has 0 spiro atoms. The maximum atomic E-state index is 8.98. The zero-order chi connectivity index (χ0) is 14.5. The Labute approximate surface area is 131 Å². The first-order chi connectivity index (χ1) is 9.62. The van der Waals surface area contributed by atoms with E-state index in [4.69, 9.17) is 10.00 Å². The van der Waals surface area contributed by atoms with E-state index in [2.05, 4.69) is 45.4 Å². The van der Waals surface area contributed by atoms with E-state index in [1.807, 2.05) is 18.2 Å². The van der Waals surface area contributed by atoms with Gasteiger partial charge in [0, 0.05) is 27.8 Å². The predicted molar refractivity (Wildman–Crippen MR) is 84.9 cm³/mol. The minimum Gasteiger partial charge on any atom is -0.495 e. The van der Waals surface area contributed by atoms with Gasteiger partial charge in [0.05, 0.1) is 12.7 Å². The van der Waals surface area contributed by atoms with Gasteiger partial charge >= 0.3 is 0 Å². The standard InChI is InChI=1S/C15H15BrN2OS/c1-18(9-14-6-13(16)10-20-14)8-11-3-4-12(7-17)15(5-11)19-2/h3-6,10H,8-9H2,1-2H3. The first-order valence-electron chi connectivity index (χ1n) is 6.11. The lowest BCUT2D eigenvalue weighted by atomic mass is 10.1. The van der Waals surface area contributed by atoms with Crippen molar-refractivity contribution in [2.45, 2.75) is 13.1 Å². The van der Waals surface area contributed by atoms with Crippen LogP contribution in [0.5, 0.6) is 5.75 Å². The SMILES string of the molecule is COc1cc(CN(C)Cc2cc(Br)cs2)ccc1C#N. The number of halogens is 1. The molecule has 2 aromatic rings. The second-order valence-electron chi connectivity index (χ2n) is 4.55. The van der Waals surface area contributed by atoms with Gasteiger partial charge in [0.25, 0.3) is 0 Å². The van der Waals surface area contributed by atoms with E-state index in [-0.39, 0.29) is 0 Å². The van der Waals surface area contributed by atoms with E-state index in [9.17, 15) is 0 Å². The lowest BCUT2D eigenvalue weighted by Crippen LogP contribution is -2.16. The summed E-state index contributed by atoms with van der Waals surface area (Å²) in [6, 6.07) is 9.98. The number of nitriles is 1. The van der Waals surface area contributed by atoms with Crippen LogP contribution in [0.3, 0.4) is 0 Å². The summed E-state index contributed by atoms with van der Waals surface area (Å²) in [7, 11) is 3.67. The van der Waals surface area contributed by atoms with Gasteiger partial charge in [0.1, 0.15) is 11.8 Å². The fourth-order valence-corrected chi connectivity index (χ4v) is 3.53. The van der Waals surface area contributed by atoms with Gasteiger partial charge < -0.3 is 4.74 Å². The molecule has 104 valence electrons. The number of thiophene rings is 1. The summed E-state index contributed by atoms with van der Waals surface area (Å²) < 4.78 is 6.37. The molecule has 0 amide bonds. The molecule has 0 aliphatic carbocycles. The average molecular weight is 351 g/mol. The van der Waals surface area contributed by atoms with Crippen molar-refractivity contribution in [2.75, 3.05) is 14.2 Å². The van der Waals surface area contributed by atoms with Crippen LogP contribution in [0.1, 0.15) is 16.0 Å². The maximum absolute atomic E-state index is 8.98. The van der Waals surface area contributed by atoms with Gasteiger partial charge in [-0.3, -0.25) is 4.90 Å². The number of benzene rings is 1. The van der Waals surface area contributed by atoms with Crippen molar-refractivity contribution in [1.29, 1.82) is 5.26 Å². The van der Waals surface area contributed by atoms with Crippen molar-refractivity contribution in [2.24, 2.45) is 0 Å². The molecule has 1 heterocycles. The molecule has 3 nitrogen and oxygen atoms in total. The van der Waals surface area contributed by atoms with Gasteiger partial charge in [-0.15, -0.1) is 11.3 Å². The Kier molecular flexibility index (Phi) is 5.18. The van der Waals surface area contributed by atoms with E-state index < -0.39 is 0 Å². The molecule has 0 radical (unpaired) electrons. The van der Waals surface area contributed by atoms with Gasteiger partial charge in [0.15, 0.2) is 0 Å². The molecule has 0 atom stereocenters. The molecule has 0 bridgehead atoms. The molecule has 1 aromatic carbocycles. The van der Waals surface area contributed by atoms with Crippen molar-refractivity contribution < 1.29 is 4.74 Å². The number of ether oxygens (including phenoxy) is 1. The van der Waals surface area contributed by atoms with E-state index in [1.165, 1.54) is 4.88 Å². The Morgan fingerprint density at radius 2 is 2.15 bits per heavy atom. The predicted octanol–water partition coefficient (Wildman–Crippen LogP) is 4.02. The highest BCUT2D eigenvalue weighted by atomic mass is 79.9. The number of nitrogens with zero attached hydrogens (tertiary/aromatic N) is 2. The summed E-state index contributed by atoms with van der Waals surface area (Å²) in [5.41, 5.74) is 1.71. The fourth-order valence-electron chi connectivity index (χ4n) is 2.00. The largest absolute Gasteiger partial charge is 0.495 e. The van der Waals surface area contributed by atoms with Crippen molar-refractivity contribution in [3.05, 3.63) is 50.1 Å². The monoisotopic (exact) mass is 350 g/mol. The quantitative estimate of drug-likeness (QED) is 0.816. The molecule has 0 saturated heterocycles. The van der Waals surface area contributed by atoms with Crippen molar-refractivity contribution >= 4 is 27.3 Å². The minimum absolute atomic E-state index is 0.570. The molecule has 0 unspecified atom stereocenters. The van der Waals surface area contributed by atoms with Gasteiger partial charge in [0.2, 0.25) is 0 Å². The smallest absolute Gasteiger partial charge is 0.136 e. The Hall–Kier alpha value is -1.35. The van der Waals surface area contributed by atoms with Crippen molar-refractivity contribution in [3.63, 3.8) is 0 Å². The summed E-state index contributed by atoms with van der Waals surface area (Å²) in [5.74, 6) is 0.636. The Morgan fingerprint density at radius 1 is 1.35 bits per heavy atom.